The Morgan fingerprint density at radius 3 is 1.15 bits per heavy atom. The van der Waals surface area contributed by atoms with Gasteiger partial charge < -0.3 is 9.47 Å². The average Bonchev–Trinajstić information content (AvgIpc) is 2.35. The molecule has 0 aliphatic rings. The van der Waals surface area contributed by atoms with Crippen LogP contribution in [0.2, 0.25) is 0 Å². The van der Waals surface area contributed by atoms with Crippen molar-refractivity contribution in [1.29, 1.82) is 0 Å². The lowest BCUT2D eigenvalue weighted by Gasteiger charge is -2.06. The van der Waals surface area contributed by atoms with Gasteiger partial charge in [0.1, 0.15) is 0 Å². The van der Waals surface area contributed by atoms with E-state index in [-0.39, 0.29) is 24.1 Å². The van der Waals surface area contributed by atoms with Crippen molar-refractivity contribution < 1.29 is 19.1 Å². The van der Waals surface area contributed by atoms with Crippen molar-refractivity contribution in [3.63, 3.8) is 0 Å². The smallest absolute Gasteiger partial charge is 0.333 e. The first-order chi connectivity index (χ1) is 9.15. The van der Waals surface area contributed by atoms with Crippen LogP contribution >= 0.6 is 0 Å². The minimum Gasteiger partial charge on any atom is -0.460 e. The van der Waals surface area contributed by atoms with E-state index in [0.717, 1.165) is 0 Å². The summed E-state index contributed by atoms with van der Waals surface area (Å²) in [7, 11) is 0. The van der Waals surface area contributed by atoms with Crippen molar-refractivity contribution in [3.05, 3.63) is 23.3 Å². The maximum atomic E-state index is 10.9. The molecular formula is C16H28O4. The van der Waals surface area contributed by atoms with Gasteiger partial charge in [-0.3, -0.25) is 0 Å². The normalized spacial score (nSPS) is 11.9. The molecule has 0 saturated heterocycles. The highest BCUT2D eigenvalue weighted by Gasteiger charge is 2.06. The number of carbonyl (C=O) groups excluding carboxylic acids is 2. The third-order valence-corrected chi connectivity index (χ3v) is 2.20. The SMILES string of the molecule is C/C=C(/C)C(=O)OC(C)C.C/C=C(\C)C(=O)OC(C)C. The molecule has 0 N–H and O–H groups in total. The van der Waals surface area contributed by atoms with Crippen LogP contribution in [0.15, 0.2) is 23.3 Å². The van der Waals surface area contributed by atoms with Gasteiger partial charge in [-0.15, -0.1) is 0 Å². The molecule has 0 heterocycles. The zero-order valence-corrected chi connectivity index (χ0v) is 13.9. The fraction of sp³-hybridized carbons (Fsp3) is 0.625. The number of carbonyl (C=O) groups is 2. The monoisotopic (exact) mass is 284 g/mol. The molecule has 20 heavy (non-hydrogen) atoms. The van der Waals surface area contributed by atoms with Crippen LogP contribution in [-0.2, 0) is 19.1 Å². The molecule has 0 bridgehead atoms. The minimum atomic E-state index is -0.225. The van der Waals surface area contributed by atoms with Gasteiger partial charge in [0.05, 0.1) is 12.2 Å². The second-order valence-corrected chi connectivity index (χ2v) is 4.85. The topological polar surface area (TPSA) is 52.6 Å². The van der Waals surface area contributed by atoms with Crippen LogP contribution in [0.5, 0.6) is 0 Å². The number of hydrogen-bond acceptors (Lipinski definition) is 4. The molecule has 0 aromatic heterocycles. The van der Waals surface area contributed by atoms with Gasteiger partial charge in [0, 0.05) is 11.1 Å². The van der Waals surface area contributed by atoms with Crippen LogP contribution in [0.4, 0.5) is 0 Å². The zero-order chi connectivity index (χ0) is 16.3. The van der Waals surface area contributed by atoms with Crippen LogP contribution in [0.25, 0.3) is 0 Å². The summed E-state index contributed by atoms with van der Waals surface area (Å²) >= 11 is 0. The van der Waals surface area contributed by atoms with Crippen LogP contribution in [-0.4, -0.2) is 24.1 Å². The summed E-state index contributed by atoms with van der Waals surface area (Å²) in [6.07, 6.45) is 3.43. The molecule has 4 heteroatoms. The summed E-state index contributed by atoms with van der Waals surface area (Å²) in [5.74, 6) is -0.449. The Kier molecular flexibility index (Phi) is 11.7. The standard InChI is InChI=1S/2C8H14O2/c2*1-5-7(4)8(9)10-6(2)3/h2*5-6H,1-4H3/b7-5+;7-5-. The first-order valence-electron chi connectivity index (χ1n) is 6.83. The molecule has 0 aliphatic carbocycles. The predicted octanol–water partition coefficient (Wildman–Crippen LogP) is 3.81. The molecule has 0 unspecified atom stereocenters. The molecule has 0 aliphatic heterocycles. The summed E-state index contributed by atoms with van der Waals surface area (Å²) < 4.78 is 9.79. The molecule has 0 amide bonds. The molecule has 0 saturated carbocycles. The van der Waals surface area contributed by atoms with Crippen molar-refractivity contribution in [1.82, 2.24) is 0 Å². The first-order valence-corrected chi connectivity index (χ1v) is 6.83. The number of esters is 2. The number of rotatable bonds is 4. The minimum absolute atomic E-state index is 0.0256. The van der Waals surface area contributed by atoms with Crippen LogP contribution in [0, 0.1) is 0 Å². The lowest BCUT2D eigenvalue weighted by molar-refractivity contribution is -0.143. The first kappa shape index (κ1) is 20.7. The van der Waals surface area contributed by atoms with Crippen molar-refractivity contribution in [2.45, 2.75) is 67.6 Å². The van der Waals surface area contributed by atoms with Crippen molar-refractivity contribution in [2.75, 3.05) is 0 Å². The van der Waals surface area contributed by atoms with E-state index in [2.05, 4.69) is 0 Å². The maximum absolute atomic E-state index is 10.9. The Labute approximate surface area is 122 Å². The third-order valence-electron chi connectivity index (χ3n) is 2.20. The van der Waals surface area contributed by atoms with Gasteiger partial charge in [-0.05, 0) is 55.4 Å². The lowest BCUT2D eigenvalue weighted by atomic mass is 10.3. The van der Waals surface area contributed by atoms with E-state index in [9.17, 15) is 9.59 Å². The van der Waals surface area contributed by atoms with Crippen molar-refractivity contribution in [3.8, 4) is 0 Å². The van der Waals surface area contributed by atoms with Crippen LogP contribution < -0.4 is 0 Å². The zero-order valence-electron chi connectivity index (χ0n) is 13.9. The van der Waals surface area contributed by atoms with Gasteiger partial charge in [-0.2, -0.15) is 0 Å². The molecule has 4 nitrogen and oxygen atoms in total. The van der Waals surface area contributed by atoms with Crippen molar-refractivity contribution >= 4 is 11.9 Å². The number of allylic oxidation sites excluding steroid dienone is 2. The van der Waals surface area contributed by atoms with Crippen LogP contribution in [0.3, 0.4) is 0 Å². The number of ether oxygens (including phenoxy) is 2. The molecule has 0 rings (SSSR count). The molecule has 0 aromatic carbocycles. The Balaban J connectivity index is 0. The third kappa shape index (κ3) is 11.5. The molecule has 116 valence electrons. The van der Waals surface area contributed by atoms with E-state index < -0.39 is 0 Å². The summed E-state index contributed by atoms with van der Waals surface area (Å²) in [5.41, 5.74) is 1.32. The highest BCUT2D eigenvalue weighted by Crippen LogP contribution is 1.99. The second kappa shape index (κ2) is 11.3. The highest BCUT2D eigenvalue weighted by molar-refractivity contribution is 5.88. The van der Waals surface area contributed by atoms with Gasteiger partial charge in [-0.25, -0.2) is 9.59 Å². The van der Waals surface area contributed by atoms with E-state index >= 15 is 0 Å². The predicted molar refractivity (Wildman–Crippen MR) is 81.3 cm³/mol. The van der Waals surface area contributed by atoms with Gasteiger partial charge in [0.15, 0.2) is 0 Å². The Bertz CT molecular complexity index is 327. The quantitative estimate of drug-likeness (QED) is 0.582. The van der Waals surface area contributed by atoms with E-state index in [0.29, 0.717) is 11.1 Å². The molecule has 0 fully saturated rings. The lowest BCUT2D eigenvalue weighted by Crippen LogP contribution is -2.11. The summed E-state index contributed by atoms with van der Waals surface area (Å²) in [4.78, 5) is 21.8. The fourth-order valence-corrected chi connectivity index (χ4v) is 0.850. The van der Waals surface area contributed by atoms with Gasteiger partial charge in [0.25, 0.3) is 0 Å². The Hall–Kier alpha value is -1.58. The van der Waals surface area contributed by atoms with Gasteiger partial charge >= 0.3 is 11.9 Å². The summed E-state index contributed by atoms with van der Waals surface area (Å²) in [5, 5.41) is 0. The average molecular weight is 284 g/mol. The number of hydrogen-bond donors (Lipinski definition) is 0. The molecule has 0 spiro atoms. The fourth-order valence-electron chi connectivity index (χ4n) is 0.850. The molecule has 0 atom stereocenters. The largest absolute Gasteiger partial charge is 0.460 e. The van der Waals surface area contributed by atoms with Gasteiger partial charge in [0.2, 0.25) is 0 Å². The summed E-state index contributed by atoms with van der Waals surface area (Å²) in [6.45, 7) is 14.5. The van der Waals surface area contributed by atoms with E-state index in [4.69, 9.17) is 9.47 Å². The molecule has 0 aromatic rings. The van der Waals surface area contributed by atoms with Crippen molar-refractivity contribution in [2.24, 2.45) is 0 Å². The van der Waals surface area contributed by atoms with E-state index in [1.54, 1.807) is 26.0 Å². The Morgan fingerprint density at radius 2 is 1.00 bits per heavy atom. The highest BCUT2D eigenvalue weighted by atomic mass is 16.5. The Morgan fingerprint density at radius 1 is 0.750 bits per heavy atom. The van der Waals surface area contributed by atoms with Crippen LogP contribution in [0.1, 0.15) is 55.4 Å². The van der Waals surface area contributed by atoms with E-state index in [1.807, 2.05) is 41.5 Å². The molecule has 0 radical (unpaired) electrons. The second-order valence-electron chi connectivity index (χ2n) is 4.85. The maximum Gasteiger partial charge on any atom is 0.333 e. The van der Waals surface area contributed by atoms with E-state index in [1.165, 1.54) is 0 Å². The van der Waals surface area contributed by atoms with Gasteiger partial charge in [-0.1, -0.05) is 12.2 Å². The summed E-state index contributed by atoms with van der Waals surface area (Å²) in [6, 6.07) is 0. The molecular weight excluding hydrogens is 256 g/mol.